The second-order valence-electron chi connectivity index (χ2n) is 4.28. The van der Waals surface area contributed by atoms with Crippen LogP contribution in [0.1, 0.15) is 23.8 Å². The van der Waals surface area contributed by atoms with Crippen LogP contribution in [0.15, 0.2) is 12.1 Å². The lowest BCUT2D eigenvalue weighted by atomic mass is 10.3. The molecule has 0 aromatic carbocycles. The zero-order chi connectivity index (χ0) is 13.3. The number of carbonyl (C=O) groups excluding carboxylic acids is 1. The summed E-state index contributed by atoms with van der Waals surface area (Å²) in [5, 5.41) is 13.8. The molecule has 1 N–H and O–H groups in total. The second kappa shape index (κ2) is 4.59. The molecule has 1 heterocycles. The summed E-state index contributed by atoms with van der Waals surface area (Å²) in [5.41, 5.74) is -0.0827. The number of pyridine rings is 1. The molecule has 0 amide bonds. The molecular formula is C11H13N3O4. The standard InChI is InChI=1S/C11H13N3O4/c1-6-5-8(6)13-10-9(14(16)17)4-3-7(12-10)11(15)18-2/h3-4,6,8H,5H2,1-2H3,(H,12,13). The van der Waals surface area contributed by atoms with Gasteiger partial charge in [0.25, 0.3) is 0 Å². The Balaban J connectivity index is 2.31. The molecule has 0 aliphatic heterocycles. The molecule has 1 aromatic rings. The Morgan fingerprint density at radius 1 is 1.61 bits per heavy atom. The van der Waals surface area contributed by atoms with Crippen molar-refractivity contribution in [2.45, 2.75) is 19.4 Å². The van der Waals surface area contributed by atoms with E-state index in [2.05, 4.69) is 15.0 Å². The van der Waals surface area contributed by atoms with Crippen LogP contribution < -0.4 is 5.32 Å². The van der Waals surface area contributed by atoms with E-state index in [1.165, 1.54) is 19.2 Å². The maximum Gasteiger partial charge on any atom is 0.356 e. The molecular weight excluding hydrogens is 238 g/mol. The van der Waals surface area contributed by atoms with Gasteiger partial charge >= 0.3 is 11.7 Å². The summed E-state index contributed by atoms with van der Waals surface area (Å²) in [4.78, 5) is 25.6. The number of ether oxygens (including phenoxy) is 1. The number of rotatable bonds is 4. The molecule has 1 aliphatic rings. The quantitative estimate of drug-likeness (QED) is 0.496. The van der Waals surface area contributed by atoms with Gasteiger partial charge in [-0.15, -0.1) is 0 Å². The molecule has 2 atom stereocenters. The second-order valence-corrected chi connectivity index (χ2v) is 4.28. The van der Waals surface area contributed by atoms with Crippen molar-refractivity contribution in [2.75, 3.05) is 12.4 Å². The predicted octanol–water partition coefficient (Wildman–Crippen LogP) is 1.60. The Labute approximate surface area is 103 Å². The zero-order valence-corrected chi connectivity index (χ0v) is 10.0. The molecule has 0 radical (unpaired) electrons. The normalized spacial score (nSPS) is 21.2. The van der Waals surface area contributed by atoms with Crippen LogP contribution in [-0.2, 0) is 4.74 Å². The number of hydrogen-bond donors (Lipinski definition) is 1. The first kappa shape index (κ1) is 12.3. The van der Waals surface area contributed by atoms with Crippen LogP contribution >= 0.6 is 0 Å². The highest BCUT2D eigenvalue weighted by Crippen LogP contribution is 2.34. The minimum atomic E-state index is -0.614. The number of esters is 1. The van der Waals surface area contributed by atoms with E-state index in [-0.39, 0.29) is 23.2 Å². The highest BCUT2D eigenvalue weighted by molar-refractivity contribution is 5.88. The average molecular weight is 251 g/mol. The number of aromatic nitrogens is 1. The third kappa shape index (κ3) is 2.39. The molecule has 18 heavy (non-hydrogen) atoms. The van der Waals surface area contributed by atoms with E-state index in [0.29, 0.717) is 5.92 Å². The monoisotopic (exact) mass is 251 g/mol. The Bertz CT molecular complexity index is 503. The zero-order valence-electron chi connectivity index (χ0n) is 10.0. The minimum absolute atomic E-state index is 0.0545. The first-order valence-corrected chi connectivity index (χ1v) is 5.53. The lowest BCUT2D eigenvalue weighted by Gasteiger charge is -2.06. The number of methoxy groups -OCH3 is 1. The molecule has 1 aromatic heterocycles. The molecule has 7 nitrogen and oxygen atoms in total. The van der Waals surface area contributed by atoms with Crippen LogP contribution in [0.5, 0.6) is 0 Å². The SMILES string of the molecule is COC(=O)c1ccc([N+](=O)[O-])c(NC2CC2C)n1. The predicted molar refractivity (Wildman–Crippen MR) is 63.4 cm³/mol. The number of nitrogens with zero attached hydrogens (tertiary/aromatic N) is 2. The van der Waals surface area contributed by atoms with Crippen molar-refractivity contribution >= 4 is 17.5 Å². The number of nitro groups is 1. The van der Waals surface area contributed by atoms with Gasteiger partial charge in [-0.2, -0.15) is 0 Å². The molecule has 0 spiro atoms. The number of nitrogens with one attached hydrogen (secondary N) is 1. The van der Waals surface area contributed by atoms with Crippen molar-refractivity contribution < 1.29 is 14.5 Å². The Morgan fingerprint density at radius 2 is 2.28 bits per heavy atom. The van der Waals surface area contributed by atoms with Crippen LogP contribution in [0.4, 0.5) is 11.5 Å². The molecule has 1 fully saturated rings. The van der Waals surface area contributed by atoms with Crippen molar-refractivity contribution in [3.05, 3.63) is 27.9 Å². The third-order valence-corrected chi connectivity index (χ3v) is 2.90. The lowest BCUT2D eigenvalue weighted by molar-refractivity contribution is -0.384. The van der Waals surface area contributed by atoms with Crippen molar-refractivity contribution in [1.29, 1.82) is 0 Å². The lowest BCUT2D eigenvalue weighted by Crippen LogP contribution is -2.11. The summed E-state index contributed by atoms with van der Waals surface area (Å²) in [7, 11) is 1.24. The Morgan fingerprint density at radius 3 is 2.78 bits per heavy atom. The fourth-order valence-electron chi connectivity index (χ4n) is 1.62. The van der Waals surface area contributed by atoms with Crippen LogP contribution in [-0.4, -0.2) is 29.0 Å². The average Bonchev–Trinajstić information content (AvgIpc) is 3.03. The number of carbonyl (C=O) groups is 1. The molecule has 96 valence electrons. The van der Waals surface area contributed by atoms with Gasteiger partial charge in [0.1, 0.15) is 0 Å². The van der Waals surface area contributed by atoms with Crippen molar-refractivity contribution in [3.8, 4) is 0 Å². The first-order valence-electron chi connectivity index (χ1n) is 5.53. The highest BCUT2D eigenvalue weighted by atomic mass is 16.6. The first-order chi connectivity index (χ1) is 8.52. The Hall–Kier alpha value is -2.18. The summed E-state index contributed by atoms with van der Waals surface area (Å²) in [5.74, 6) is -0.0257. The van der Waals surface area contributed by atoms with Gasteiger partial charge in [0.15, 0.2) is 5.69 Å². The van der Waals surface area contributed by atoms with Gasteiger partial charge < -0.3 is 10.1 Å². The maximum atomic E-state index is 11.3. The molecule has 0 saturated heterocycles. The van der Waals surface area contributed by atoms with Crippen LogP contribution in [0.2, 0.25) is 0 Å². The minimum Gasteiger partial charge on any atom is -0.464 e. The van der Waals surface area contributed by atoms with Gasteiger partial charge in [0.05, 0.1) is 12.0 Å². The number of hydrogen-bond acceptors (Lipinski definition) is 6. The van der Waals surface area contributed by atoms with Gasteiger partial charge in [-0.25, -0.2) is 9.78 Å². The number of anilines is 1. The van der Waals surface area contributed by atoms with E-state index < -0.39 is 10.9 Å². The summed E-state index contributed by atoms with van der Waals surface area (Å²) < 4.78 is 4.53. The third-order valence-electron chi connectivity index (χ3n) is 2.90. The van der Waals surface area contributed by atoms with Gasteiger partial charge in [0, 0.05) is 12.1 Å². The summed E-state index contributed by atoms with van der Waals surface area (Å²) >= 11 is 0. The van der Waals surface area contributed by atoms with Gasteiger partial charge in [-0.05, 0) is 18.4 Å². The largest absolute Gasteiger partial charge is 0.464 e. The molecule has 1 saturated carbocycles. The van der Waals surface area contributed by atoms with E-state index in [4.69, 9.17) is 0 Å². The molecule has 2 rings (SSSR count). The van der Waals surface area contributed by atoms with Crippen LogP contribution in [0.3, 0.4) is 0 Å². The fraction of sp³-hybridized carbons (Fsp3) is 0.455. The molecule has 0 bridgehead atoms. The van der Waals surface area contributed by atoms with Crippen molar-refractivity contribution in [2.24, 2.45) is 5.92 Å². The van der Waals surface area contributed by atoms with Gasteiger partial charge in [0.2, 0.25) is 5.82 Å². The topological polar surface area (TPSA) is 94.4 Å². The fourth-order valence-corrected chi connectivity index (χ4v) is 1.62. The van der Waals surface area contributed by atoms with Crippen molar-refractivity contribution in [1.82, 2.24) is 4.98 Å². The van der Waals surface area contributed by atoms with E-state index in [1.807, 2.05) is 6.92 Å². The smallest absolute Gasteiger partial charge is 0.356 e. The van der Waals surface area contributed by atoms with Crippen molar-refractivity contribution in [3.63, 3.8) is 0 Å². The van der Waals surface area contributed by atoms with E-state index in [9.17, 15) is 14.9 Å². The Kier molecular flexibility index (Phi) is 3.14. The highest BCUT2D eigenvalue weighted by Gasteiger charge is 2.34. The summed E-state index contributed by atoms with van der Waals surface area (Å²) in [6.07, 6.45) is 0.946. The summed E-state index contributed by atoms with van der Waals surface area (Å²) in [6.45, 7) is 2.04. The van der Waals surface area contributed by atoms with Crippen LogP contribution in [0.25, 0.3) is 0 Å². The van der Waals surface area contributed by atoms with E-state index in [0.717, 1.165) is 6.42 Å². The van der Waals surface area contributed by atoms with E-state index in [1.54, 1.807) is 0 Å². The van der Waals surface area contributed by atoms with Crippen LogP contribution in [0, 0.1) is 16.0 Å². The molecule has 1 aliphatic carbocycles. The molecule has 7 heteroatoms. The van der Waals surface area contributed by atoms with E-state index >= 15 is 0 Å². The summed E-state index contributed by atoms with van der Waals surface area (Å²) in [6, 6.07) is 2.73. The van der Waals surface area contributed by atoms with Gasteiger partial charge in [-0.3, -0.25) is 10.1 Å². The van der Waals surface area contributed by atoms with Gasteiger partial charge in [-0.1, -0.05) is 6.92 Å². The maximum absolute atomic E-state index is 11.3. The molecule has 2 unspecified atom stereocenters.